The van der Waals surface area contributed by atoms with Crippen molar-refractivity contribution in [1.29, 1.82) is 0 Å². The molecule has 1 aliphatic carbocycles. The normalized spacial score (nSPS) is 30.4. The molecule has 158 valence electrons. The van der Waals surface area contributed by atoms with E-state index in [0.29, 0.717) is 11.5 Å². The maximum Gasteiger partial charge on any atom is 0.191 e. The third kappa shape index (κ3) is 4.86. The second-order valence-electron chi connectivity index (χ2n) is 8.96. The summed E-state index contributed by atoms with van der Waals surface area (Å²) in [7, 11) is 4.25. The van der Waals surface area contributed by atoms with Gasteiger partial charge < -0.3 is 15.5 Å². The first-order valence-corrected chi connectivity index (χ1v) is 11.8. The van der Waals surface area contributed by atoms with E-state index < -0.39 is 0 Å². The monoisotopic (exact) mass is 516 g/mol. The number of aliphatic imine (C=N–C) groups is 1. The van der Waals surface area contributed by atoms with Gasteiger partial charge in [0.2, 0.25) is 0 Å². The lowest BCUT2D eigenvalue weighted by atomic mass is 9.73. The average molecular weight is 517 g/mol. The molecule has 2 saturated heterocycles. The van der Waals surface area contributed by atoms with Gasteiger partial charge in [-0.15, -0.1) is 35.3 Å². The minimum Gasteiger partial charge on any atom is -0.355 e. The zero-order valence-corrected chi connectivity index (χ0v) is 20.6. The molecule has 28 heavy (non-hydrogen) atoms. The van der Waals surface area contributed by atoms with Crippen LogP contribution >= 0.6 is 35.3 Å². The summed E-state index contributed by atoms with van der Waals surface area (Å²) in [6, 6.07) is 6.62. The van der Waals surface area contributed by atoms with Gasteiger partial charge in [-0.3, -0.25) is 4.99 Å². The predicted octanol–water partition coefficient (Wildman–Crippen LogP) is 4.75. The molecule has 0 aromatic carbocycles. The highest BCUT2D eigenvalue weighted by molar-refractivity contribution is 14.0. The van der Waals surface area contributed by atoms with E-state index in [0.717, 1.165) is 24.6 Å². The summed E-state index contributed by atoms with van der Waals surface area (Å²) in [4.78, 5) is 8.76. The van der Waals surface area contributed by atoms with Gasteiger partial charge in [0.15, 0.2) is 5.96 Å². The van der Waals surface area contributed by atoms with Crippen molar-refractivity contribution in [2.45, 2.75) is 87.7 Å². The number of thiophene rings is 1. The zero-order chi connectivity index (χ0) is 18.7. The first kappa shape index (κ1) is 22.3. The van der Waals surface area contributed by atoms with Gasteiger partial charge in [-0.2, -0.15) is 0 Å². The van der Waals surface area contributed by atoms with Crippen molar-refractivity contribution in [3.63, 3.8) is 0 Å². The molecular formula is C22H37IN4S. The van der Waals surface area contributed by atoms with Crippen molar-refractivity contribution in [2.75, 3.05) is 20.6 Å². The van der Waals surface area contributed by atoms with E-state index in [1.54, 1.807) is 4.88 Å². The first-order chi connectivity index (χ1) is 13.2. The summed E-state index contributed by atoms with van der Waals surface area (Å²) >= 11 is 1.93. The highest BCUT2D eigenvalue weighted by Gasteiger charge is 2.37. The van der Waals surface area contributed by atoms with Gasteiger partial charge in [0, 0.05) is 42.0 Å². The van der Waals surface area contributed by atoms with E-state index in [4.69, 9.17) is 0 Å². The van der Waals surface area contributed by atoms with Crippen molar-refractivity contribution in [1.82, 2.24) is 15.5 Å². The molecule has 6 heteroatoms. The smallest absolute Gasteiger partial charge is 0.191 e. The number of nitrogens with one attached hydrogen (secondary N) is 2. The van der Waals surface area contributed by atoms with Crippen molar-refractivity contribution in [3.8, 4) is 0 Å². The number of hydrogen-bond donors (Lipinski definition) is 2. The van der Waals surface area contributed by atoms with Crippen molar-refractivity contribution in [3.05, 3.63) is 22.4 Å². The molecule has 3 aliphatic rings. The van der Waals surface area contributed by atoms with Crippen LogP contribution in [0.3, 0.4) is 0 Å². The molecule has 0 amide bonds. The Morgan fingerprint density at radius 2 is 1.89 bits per heavy atom. The molecule has 2 N–H and O–H groups in total. The number of nitrogens with zero attached hydrogens (tertiary/aromatic N) is 2. The first-order valence-electron chi connectivity index (χ1n) is 10.9. The topological polar surface area (TPSA) is 39.7 Å². The fraction of sp³-hybridized carbons (Fsp3) is 0.773. The van der Waals surface area contributed by atoms with Gasteiger partial charge in [-0.1, -0.05) is 31.7 Å². The third-order valence-electron chi connectivity index (χ3n) is 7.35. The maximum absolute atomic E-state index is 4.58. The molecule has 2 aliphatic heterocycles. The minimum atomic E-state index is 0. The summed E-state index contributed by atoms with van der Waals surface area (Å²) in [5.41, 5.74) is 0.299. The Morgan fingerprint density at radius 3 is 2.50 bits per heavy atom. The highest BCUT2D eigenvalue weighted by Crippen LogP contribution is 2.41. The van der Waals surface area contributed by atoms with Crippen molar-refractivity contribution < 1.29 is 0 Å². The Hall–Kier alpha value is -0.340. The molecular weight excluding hydrogens is 479 g/mol. The second kappa shape index (κ2) is 10.1. The molecule has 3 fully saturated rings. The summed E-state index contributed by atoms with van der Waals surface area (Å²) < 4.78 is 0. The Kier molecular flexibility index (Phi) is 8.07. The molecule has 2 atom stereocenters. The number of halogens is 1. The lowest BCUT2D eigenvalue weighted by Gasteiger charge is -2.47. The molecule has 3 heterocycles. The summed E-state index contributed by atoms with van der Waals surface area (Å²) in [6.45, 7) is 1.01. The van der Waals surface area contributed by atoms with E-state index >= 15 is 0 Å². The van der Waals surface area contributed by atoms with E-state index in [1.165, 1.54) is 64.2 Å². The molecule has 0 radical (unpaired) electrons. The summed E-state index contributed by atoms with van der Waals surface area (Å²) in [5.74, 6) is 1.00. The fourth-order valence-corrected chi connectivity index (χ4v) is 6.68. The van der Waals surface area contributed by atoms with Crippen molar-refractivity contribution in [2.24, 2.45) is 4.99 Å². The molecule has 0 spiro atoms. The number of fused-ring (bicyclic) bond motifs is 2. The van der Waals surface area contributed by atoms with Crippen LogP contribution in [0.15, 0.2) is 22.5 Å². The minimum absolute atomic E-state index is 0. The van der Waals surface area contributed by atoms with Crippen LogP contribution in [-0.2, 0) is 5.41 Å². The van der Waals surface area contributed by atoms with Crippen LogP contribution in [0.2, 0.25) is 0 Å². The zero-order valence-electron chi connectivity index (χ0n) is 17.5. The van der Waals surface area contributed by atoms with Gasteiger partial charge in [-0.25, -0.2) is 0 Å². The lowest BCUT2D eigenvalue weighted by Crippen LogP contribution is -2.57. The van der Waals surface area contributed by atoms with Crippen LogP contribution in [0.5, 0.6) is 0 Å². The Bertz CT molecular complexity index is 612. The van der Waals surface area contributed by atoms with Gasteiger partial charge >= 0.3 is 0 Å². The van der Waals surface area contributed by atoms with E-state index in [2.05, 4.69) is 45.1 Å². The average Bonchev–Trinajstić information content (AvgIpc) is 3.22. The molecule has 4 rings (SSSR count). The molecule has 1 aromatic heterocycles. The lowest BCUT2D eigenvalue weighted by molar-refractivity contribution is 0.0526. The van der Waals surface area contributed by atoms with Crippen LogP contribution in [-0.4, -0.2) is 49.6 Å². The van der Waals surface area contributed by atoms with Crippen LogP contribution in [0.25, 0.3) is 0 Å². The quantitative estimate of drug-likeness (QED) is 0.345. The van der Waals surface area contributed by atoms with Gasteiger partial charge in [0.05, 0.1) is 0 Å². The molecule has 2 bridgehead atoms. The summed E-state index contributed by atoms with van der Waals surface area (Å²) in [5, 5.41) is 9.73. The molecule has 1 aromatic rings. The Balaban J connectivity index is 0.00000225. The van der Waals surface area contributed by atoms with Crippen LogP contribution in [0.4, 0.5) is 0 Å². The number of guanidine groups is 1. The number of hydrogen-bond acceptors (Lipinski definition) is 3. The van der Waals surface area contributed by atoms with Crippen LogP contribution < -0.4 is 10.6 Å². The van der Waals surface area contributed by atoms with Crippen molar-refractivity contribution >= 4 is 41.3 Å². The Labute approximate surface area is 192 Å². The van der Waals surface area contributed by atoms with Gasteiger partial charge in [0.25, 0.3) is 0 Å². The van der Waals surface area contributed by atoms with E-state index in [9.17, 15) is 0 Å². The molecule has 2 unspecified atom stereocenters. The van der Waals surface area contributed by atoms with E-state index in [-0.39, 0.29) is 24.0 Å². The Morgan fingerprint density at radius 1 is 1.18 bits per heavy atom. The maximum atomic E-state index is 4.58. The second-order valence-corrected chi connectivity index (χ2v) is 9.91. The van der Waals surface area contributed by atoms with Gasteiger partial charge in [0.1, 0.15) is 0 Å². The highest BCUT2D eigenvalue weighted by atomic mass is 127. The third-order valence-corrected chi connectivity index (χ3v) is 8.47. The predicted molar refractivity (Wildman–Crippen MR) is 131 cm³/mol. The number of rotatable bonds is 4. The fourth-order valence-electron chi connectivity index (χ4n) is 5.69. The SMILES string of the molecule is CN=C(NCC1(c2cccs2)CCCCC1)NC1CC2CCCC(C1)N2C.I. The molecule has 4 nitrogen and oxygen atoms in total. The van der Waals surface area contributed by atoms with Gasteiger partial charge in [-0.05, 0) is 57.0 Å². The van der Waals surface area contributed by atoms with Crippen LogP contribution in [0, 0.1) is 0 Å². The van der Waals surface area contributed by atoms with E-state index in [1.807, 2.05) is 18.4 Å². The largest absolute Gasteiger partial charge is 0.355 e. The molecule has 1 saturated carbocycles. The summed E-state index contributed by atoms with van der Waals surface area (Å²) in [6.07, 6.45) is 13.3. The standard InChI is InChI=1S/C22H36N4S.HI/c1-23-21(25-17-14-18-8-6-9-19(15-17)26(18)2)24-16-22(11-4-3-5-12-22)20-10-7-13-27-20;/h7,10,13,17-19H,3-6,8-9,11-12,14-16H2,1-2H3,(H2,23,24,25);1H. The van der Waals surface area contributed by atoms with Crippen LogP contribution in [0.1, 0.15) is 69.1 Å². The number of piperidine rings is 2.